The van der Waals surface area contributed by atoms with Crippen LogP contribution in [0.25, 0.3) is 6.08 Å². The number of hydrogen-bond donors (Lipinski definition) is 1. The van der Waals surface area contributed by atoms with Gasteiger partial charge in [0.15, 0.2) is 5.78 Å². The van der Waals surface area contributed by atoms with Crippen LogP contribution in [0.15, 0.2) is 36.4 Å². The quantitative estimate of drug-likeness (QED) is 0.321. The summed E-state index contributed by atoms with van der Waals surface area (Å²) in [5, 5.41) is 0. The molecule has 2 amide bonds. The highest BCUT2D eigenvalue weighted by atomic mass is 16.6. The molecule has 1 aromatic heterocycles. The molecule has 1 aliphatic heterocycles. The van der Waals surface area contributed by atoms with Gasteiger partial charge in [0.25, 0.3) is 5.91 Å². The van der Waals surface area contributed by atoms with E-state index in [2.05, 4.69) is 5.43 Å². The molecule has 0 radical (unpaired) electrons. The number of hydrogen-bond acceptors (Lipinski definition) is 6. The molecule has 3 rings (SSSR count). The number of esters is 1. The molecule has 0 bridgehead atoms. The molecule has 0 saturated carbocycles. The molecule has 1 aromatic carbocycles. The number of nitrogens with zero attached hydrogens (tertiary/aromatic N) is 2. The number of benzene rings is 1. The number of amides is 2. The number of carbonyl (C=O) groups is 4. The van der Waals surface area contributed by atoms with Gasteiger partial charge in [-0.25, -0.2) is 15.0 Å². The van der Waals surface area contributed by atoms with E-state index < -0.39 is 17.7 Å². The van der Waals surface area contributed by atoms with Crippen LogP contribution in [-0.2, 0) is 9.47 Å². The molecule has 2 aromatic rings. The molecule has 0 spiro atoms. The molecular weight excluding hydrogens is 474 g/mol. The number of ether oxygens (including phenoxy) is 2. The summed E-state index contributed by atoms with van der Waals surface area (Å²) in [7, 11) is 0. The van der Waals surface area contributed by atoms with Crippen molar-refractivity contribution in [1.29, 1.82) is 0 Å². The highest BCUT2D eigenvalue weighted by Gasteiger charge is 2.33. The van der Waals surface area contributed by atoms with E-state index in [-0.39, 0.29) is 40.8 Å². The largest absolute Gasteiger partial charge is 0.462 e. The van der Waals surface area contributed by atoms with Crippen LogP contribution in [0.2, 0.25) is 0 Å². The Balaban J connectivity index is 2.17. The first-order valence-corrected chi connectivity index (χ1v) is 12.5. The lowest BCUT2D eigenvalue weighted by atomic mass is 10.0. The van der Waals surface area contributed by atoms with Crippen molar-refractivity contribution in [3.8, 4) is 0 Å². The van der Waals surface area contributed by atoms with Crippen molar-refractivity contribution in [2.24, 2.45) is 0 Å². The second kappa shape index (κ2) is 11.9. The van der Waals surface area contributed by atoms with E-state index in [4.69, 9.17) is 9.47 Å². The standard InChI is InChI=1S/C28H35N3O6/c1-6-36-26(34)23-19(2)31(29-27(35)37-28(3,4)5)21(15-16-22(32)20-13-9-7-10-14-20)24(23)25(33)30-17-11-8-12-18-30/h7,9-10,13-16H,6,8,11-12,17-18H2,1-5H3,(H,29,35)/b16-15-. The van der Waals surface area contributed by atoms with Crippen LogP contribution in [0.3, 0.4) is 0 Å². The lowest BCUT2D eigenvalue weighted by molar-refractivity contribution is 0.0515. The van der Waals surface area contributed by atoms with Gasteiger partial charge in [-0.2, -0.15) is 0 Å². The maximum Gasteiger partial charge on any atom is 0.426 e. The van der Waals surface area contributed by atoms with Crippen LogP contribution in [0, 0.1) is 6.92 Å². The van der Waals surface area contributed by atoms with Gasteiger partial charge in [0, 0.05) is 18.7 Å². The van der Waals surface area contributed by atoms with Gasteiger partial charge in [0.1, 0.15) is 5.60 Å². The van der Waals surface area contributed by atoms with E-state index >= 15 is 0 Å². The normalized spacial score (nSPS) is 13.9. The van der Waals surface area contributed by atoms with Gasteiger partial charge in [0.05, 0.1) is 29.1 Å². The molecule has 37 heavy (non-hydrogen) atoms. The fraction of sp³-hybridized carbons (Fsp3) is 0.429. The van der Waals surface area contributed by atoms with Crippen LogP contribution < -0.4 is 5.43 Å². The first kappa shape index (κ1) is 27.7. The second-order valence-electron chi connectivity index (χ2n) is 9.81. The van der Waals surface area contributed by atoms with Crippen LogP contribution >= 0.6 is 0 Å². The summed E-state index contributed by atoms with van der Waals surface area (Å²) >= 11 is 0. The topological polar surface area (TPSA) is 107 Å². The molecule has 1 N–H and O–H groups in total. The Morgan fingerprint density at radius 3 is 2.24 bits per heavy atom. The third-order valence-corrected chi connectivity index (χ3v) is 5.83. The average Bonchev–Trinajstić information content (AvgIpc) is 3.13. The molecular formula is C28H35N3O6. The van der Waals surface area contributed by atoms with E-state index in [9.17, 15) is 19.2 Å². The molecule has 9 heteroatoms. The summed E-state index contributed by atoms with van der Waals surface area (Å²) in [5.41, 5.74) is 2.90. The molecule has 1 aliphatic rings. The Morgan fingerprint density at radius 1 is 1.00 bits per heavy atom. The van der Waals surface area contributed by atoms with E-state index in [0.29, 0.717) is 18.7 Å². The fourth-order valence-electron chi connectivity index (χ4n) is 4.19. The van der Waals surface area contributed by atoms with E-state index in [0.717, 1.165) is 19.3 Å². The third-order valence-electron chi connectivity index (χ3n) is 5.83. The lowest BCUT2D eigenvalue weighted by Crippen LogP contribution is -2.37. The molecule has 0 unspecified atom stereocenters. The lowest BCUT2D eigenvalue weighted by Gasteiger charge is -2.27. The van der Waals surface area contributed by atoms with Crippen molar-refractivity contribution in [3.63, 3.8) is 0 Å². The highest BCUT2D eigenvalue weighted by Crippen LogP contribution is 2.28. The van der Waals surface area contributed by atoms with Crippen LogP contribution in [0.4, 0.5) is 4.79 Å². The molecule has 1 saturated heterocycles. The van der Waals surface area contributed by atoms with Gasteiger partial charge in [-0.05, 0) is 66.0 Å². The first-order valence-electron chi connectivity index (χ1n) is 12.5. The van der Waals surface area contributed by atoms with Crippen molar-refractivity contribution in [2.75, 3.05) is 25.1 Å². The third kappa shape index (κ3) is 6.87. The Morgan fingerprint density at radius 2 is 1.65 bits per heavy atom. The number of ketones is 1. The van der Waals surface area contributed by atoms with E-state index in [1.165, 1.54) is 16.8 Å². The molecule has 0 atom stereocenters. The van der Waals surface area contributed by atoms with Crippen molar-refractivity contribution in [2.45, 2.75) is 59.5 Å². The maximum atomic E-state index is 13.8. The van der Waals surface area contributed by atoms with Gasteiger partial charge >= 0.3 is 12.1 Å². The Kier molecular flexibility index (Phi) is 8.91. The summed E-state index contributed by atoms with van der Waals surface area (Å²) < 4.78 is 12.0. The number of allylic oxidation sites excluding steroid dienone is 1. The number of aromatic nitrogens is 1. The van der Waals surface area contributed by atoms with E-state index in [1.54, 1.807) is 69.9 Å². The predicted octanol–water partition coefficient (Wildman–Crippen LogP) is 4.97. The smallest absolute Gasteiger partial charge is 0.426 e. The van der Waals surface area contributed by atoms with Gasteiger partial charge in [-0.1, -0.05) is 30.3 Å². The predicted molar refractivity (Wildman–Crippen MR) is 140 cm³/mol. The number of rotatable bonds is 7. The van der Waals surface area contributed by atoms with Crippen LogP contribution in [0.5, 0.6) is 0 Å². The number of carbonyl (C=O) groups excluding carboxylic acids is 4. The summed E-state index contributed by atoms with van der Waals surface area (Å²) in [5.74, 6) is -1.34. The fourth-order valence-corrected chi connectivity index (χ4v) is 4.19. The summed E-state index contributed by atoms with van der Waals surface area (Å²) in [6, 6.07) is 8.67. The SMILES string of the molecule is CCOC(=O)c1c(C(=O)N2CCCCC2)c(/C=C\C(=O)c2ccccc2)n(NC(=O)OC(C)(C)C)c1C. The zero-order chi connectivity index (χ0) is 27.2. The minimum Gasteiger partial charge on any atom is -0.462 e. The molecule has 1 fully saturated rings. The van der Waals surface area contributed by atoms with Crippen molar-refractivity contribution in [3.05, 3.63) is 64.5 Å². The van der Waals surface area contributed by atoms with Gasteiger partial charge in [-0.15, -0.1) is 0 Å². The van der Waals surface area contributed by atoms with Gasteiger partial charge in [0.2, 0.25) is 0 Å². The Labute approximate surface area is 217 Å². The molecule has 198 valence electrons. The zero-order valence-corrected chi connectivity index (χ0v) is 22.1. The monoisotopic (exact) mass is 509 g/mol. The number of likely N-dealkylation sites (tertiary alicyclic amines) is 1. The molecule has 0 aliphatic carbocycles. The van der Waals surface area contributed by atoms with Gasteiger partial charge < -0.3 is 14.4 Å². The number of piperidine rings is 1. The average molecular weight is 510 g/mol. The Hall–Kier alpha value is -3.88. The minimum atomic E-state index is -0.777. The zero-order valence-electron chi connectivity index (χ0n) is 22.1. The molecule has 2 heterocycles. The molecule has 9 nitrogen and oxygen atoms in total. The summed E-state index contributed by atoms with van der Waals surface area (Å²) in [4.78, 5) is 54.1. The maximum absolute atomic E-state index is 13.8. The summed E-state index contributed by atoms with van der Waals surface area (Å²) in [6.07, 6.45) is 4.72. The second-order valence-corrected chi connectivity index (χ2v) is 9.81. The number of nitrogens with one attached hydrogen (secondary N) is 1. The minimum absolute atomic E-state index is 0.0419. The highest BCUT2D eigenvalue weighted by molar-refractivity contribution is 6.11. The van der Waals surface area contributed by atoms with Crippen molar-refractivity contribution >= 4 is 29.8 Å². The van der Waals surface area contributed by atoms with Crippen molar-refractivity contribution in [1.82, 2.24) is 9.58 Å². The first-order chi connectivity index (χ1) is 17.5. The van der Waals surface area contributed by atoms with Crippen molar-refractivity contribution < 1.29 is 28.7 Å². The Bertz CT molecular complexity index is 1180. The van der Waals surface area contributed by atoms with E-state index in [1.807, 2.05) is 0 Å². The van der Waals surface area contributed by atoms with Gasteiger partial charge in [-0.3, -0.25) is 14.3 Å². The van der Waals surface area contributed by atoms with Crippen LogP contribution in [-0.4, -0.2) is 58.6 Å². The van der Waals surface area contributed by atoms with Crippen LogP contribution in [0.1, 0.15) is 89.4 Å². The summed E-state index contributed by atoms with van der Waals surface area (Å²) in [6.45, 7) is 9.67.